The summed E-state index contributed by atoms with van der Waals surface area (Å²) in [6.07, 6.45) is 10.4. The van der Waals surface area contributed by atoms with Crippen molar-refractivity contribution in [3.63, 3.8) is 0 Å². The zero-order chi connectivity index (χ0) is 23.8. The molecule has 1 fully saturated rings. The van der Waals surface area contributed by atoms with Crippen LogP contribution in [0.25, 0.3) is 11.2 Å². The third-order valence-corrected chi connectivity index (χ3v) is 5.63. The summed E-state index contributed by atoms with van der Waals surface area (Å²) in [5.74, 6) is 1.68. The number of unbranched alkanes of at least 4 members (excludes halogenated alkanes) is 5. The van der Waals surface area contributed by atoms with E-state index in [1.807, 2.05) is 0 Å². The van der Waals surface area contributed by atoms with Gasteiger partial charge >= 0.3 is 6.08 Å². The molecule has 0 unspecified atom stereocenters. The van der Waals surface area contributed by atoms with Gasteiger partial charge in [0.05, 0.1) is 12.9 Å². The van der Waals surface area contributed by atoms with Gasteiger partial charge in [0.1, 0.15) is 18.9 Å². The number of aliphatic hydroxyl groups excluding tert-OH is 2. The van der Waals surface area contributed by atoms with Gasteiger partial charge < -0.3 is 25.0 Å². The Morgan fingerprint density at radius 1 is 1.39 bits per heavy atom. The average molecular weight is 464 g/mol. The average Bonchev–Trinajstić information content (AvgIpc) is 3.36. The quantitative estimate of drug-likeness (QED) is 0.247. The van der Waals surface area contributed by atoms with Crippen LogP contribution in [0.5, 0.6) is 0 Å². The molecular weight excluding hydrogens is 433 g/mol. The molecule has 180 valence electrons. The van der Waals surface area contributed by atoms with E-state index in [2.05, 4.69) is 33.1 Å². The second kappa shape index (κ2) is 11.5. The summed E-state index contributed by atoms with van der Waals surface area (Å²) in [6.45, 7) is 1.85. The van der Waals surface area contributed by atoms with Gasteiger partial charge in [-0.15, -0.1) is 6.42 Å². The minimum absolute atomic E-state index is 0.0375. The normalized spacial score (nSPS) is 22.5. The van der Waals surface area contributed by atoms with E-state index in [0.29, 0.717) is 6.61 Å². The van der Waals surface area contributed by atoms with Gasteiger partial charge in [-0.1, -0.05) is 44.9 Å². The number of terminal acetylenes is 1. The van der Waals surface area contributed by atoms with Crippen molar-refractivity contribution in [3.05, 3.63) is 12.4 Å². The maximum absolute atomic E-state index is 14.1. The van der Waals surface area contributed by atoms with E-state index >= 15 is 0 Å². The smallest absolute Gasteiger partial charge is 0.312 e. The highest BCUT2D eigenvalue weighted by Gasteiger charge is 2.47. The van der Waals surface area contributed by atoms with Crippen LogP contribution in [0.2, 0.25) is 0 Å². The highest BCUT2D eigenvalue weighted by molar-refractivity contribution is 5.97. The van der Waals surface area contributed by atoms with E-state index in [9.17, 15) is 19.4 Å². The Morgan fingerprint density at radius 2 is 2.15 bits per heavy atom. The summed E-state index contributed by atoms with van der Waals surface area (Å²) >= 11 is 0. The summed E-state index contributed by atoms with van der Waals surface area (Å²) in [5.41, 5.74) is -1.38. The molecule has 33 heavy (non-hydrogen) atoms. The number of fused-ring (bicyclic) bond motifs is 1. The van der Waals surface area contributed by atoms with Gasteiger partial charge in [0.25, 0.3) is 5.91 Å². The summed E-state index contributed by atoms with van der Waals surface area (Å²) in [7, 11) is 0. The Balaban J connectivity index is 1.62. The lowest BCUT2D eigenvalue weighted by Gasteiger charge is -2.23. The third kappa shape index (κ3) is 5.83. The fourth-order valence-electron chi connectivity index (χ4n) is 3.74. The molecule has 10 nitrogen and oxygen atoms in total. The van der Waals surface area contributed by atoms with Crippen LogP contribution in [0.15, 0.2) is 6.33 Å². The molecule has 0 aromatic carbocycles. The van der Waals surface area contributed by atoms with Crippen LogP contribution >= 0.6 is 0 Å². The molecule has 0 radical (unpaired) electrons. The number of amides is 1. The van der Waals surface area contributed by atoms with E-state index in [1.54, 1.807) is 0 Å². The van der Waals surface area contributed by atoms with Crippen LogP contribution in [0.1, 0.15) is 58.1 Å². The predicted molar refractivity (Wildman–Crippen MR) is 118 cm³/mol. The highest BCUT2D eigenvalue weighted by atomic mass is 19.1. The molecule has 3 N–H and O–H groups in total. The minimum Gasteiger partial charge on any atom is -0.392 e. The van der Waals surface area contributed by atoms with Crippen LogP contribution in [0.4, 0.5) is 10.2 Å². The number of carbonyl (C=O) groups is 1. The molecule has 0 spiro atoms. The number of anilines is 1. The maximum atomic E-state index is 14.1. The van der Waals surface area contributed by atoms with E-state index < -0.39 is 36.5 Å². The van der Waals surface area contributed by atoms with Crippen LogP contribution in [-0.2, 0) is 14.3 Å². The van der Waals surface area contributed by atoms with Gasteiger partial charge in [0.2, 0.25) is 0 Å². The Kier molecular flexibility index (Phi) is 8.68. The van der Waals surface area contributed by atoms with Crippen molar-refractivity contribution < 1.29 is 28.9 Å². The van der Waals surface area contributed by atoms with Crippen molar-refractivity contribution >= 4 is 22.9 Å². The molecular formula is C22H30FN5O5. The Morgan fingerprint density at radius 3 is 2.85 bits per heavy atom. The lowest BCUT2D eigenvalue weighted by molar-refractivity contribution is -0.120. The van der Waals surface area contributed by atoms with Crippen molar-refractivity contribution in [2.75, 3.05) is 25.1 Å². The first kappa shape index (κ1) is 25.0. The van der Waals surface area contributed by atoms with E-state index in [0.717, 1.165) is 19.3 Å². The molecule has 1 aliphatic rings. The van der Waals surface area contributed by atoms with Crippen LogP contribution in [0.3, 0.4) is 0 Å². The van der Waals surface area contributed by atoms with Gasteiger partial charge in [-0.25, -0.2) is 4.98 Å². The molecule has 2 aromatic rings. The van der Waals surface area contributed by atoms with Gasteiger partial charge in [0.15, 0.2) is 22.6 Å². The fourth-order valence-corrected chi connectivity index (χ4v) is 3.74. The molecule has 0 aliphatic carbocycles. The number of ether oxygens (including phenoxy) is 2. The lowest BCUT2D eigenvalue weighted by atomic mass is 9.99. The number of nitrogens with zero attached hydrogens (tertiary/aromatic N) is 4. The molecule has 3 atom stereocenters. The molecule has 1 saturated heterocycles. The molecule has 0 saturated carbocycles. The van der Waals surface area contributed by atoms with Crippen molar-refractivity contribution in [1.82, 2.24) is 19.5 Å². The maximum Gasteiger partial charge on any atom is 0.312 e. The summed E-state index contributed by atoms with van der Waals surface area (Å²) in [6, 6.07) is 0. The summed E-state index contributed by atoms with van der Waals surface area (Å²) in [4.78, 5) is 23.8. The number of imidazole rings is 1. The summed E-state index contributed by atoms with van der Waals surface area (Å²) in [5, 5.41) is 22.3. The van der Waals surface area contributed by atoms with E-state index in [1.165, 1.54) is 30.2 Å². The van der Waals surface area contributed by atoms with Crippen LogP contribution in [-0.4, -0.2) is 67.2 Å². The number of rotatable bonds is 12. The van der Waals surface area contributed by atoms with Crippen LogP contribution < -0.4 is 5.32 Å². The largest absolute Gasteiger partial charge is 0.392 e. The zero-order valence-corrected chi connectivity index (χ0v) is 18.7. The molecule has 0 bridgehead atoms. The minimum atomic E-state index is -1.57. The van der Waals surface area contributed by atoms with Gasteiger partial charge in [0, 0.05) is 13.0 Å². The van der Waals surface area contributed by atoms with Gasteiger partial charge in [-0.05, 0) is 6.42 Å². The summed E-state index contributed by atoms with van der Waals surface area (Å²) < 4.78 is 26.6. The number of hydrogen-bond donors (Lipinski definition) is 3. The van der Waals surface area contributed by atoms with Crippen molar-refractivity contribution in [1.29, 1.82) is 0 Å². The second-order valence-corrected chi connectivity index (χ2v) is 8.05. The SMILES string of the molecule is C#C[C@]1(CO)O[C@@H](n2cnc3c(NC(=O)COCCCCCCCC)nc(F)nc32)C[C@@H]1O. The number of carbonyl (C=O) groups excluding carboxylic acids is 1. The van der Waals surface area contributed by atoms with Gasteiger partial charge in [-0.2, -0.15) is 14.4 Å². The van der Waals surface area contributed by atoms with Crippen molar-refractivity contribution in [2.24, 2.45) is 0 Å². The Bertz CT molecular complexity index is 993. The second-order valence-electron chi connectivity index (χ2n) is 8.05. The lowest BCUT2D eigenvalue weighted by Crippen LogP contribution is -2.41. The van der Waals surface area contributed by atoms with Crippen molar-refractivity contribution in [2.45, 2.75) is 69.8 Å². The monoisotopic (exact) mass is 463 g/mol. The topological polar surface area (TPSA) is 132 Å². The molecule has 3 rings (SSSR count). The Labute approximate surface area is 191 Å². The Hall–Kier alpha value is -2.65. The standard InChI is InChI=1S/C22H30FN5O5/c1-3-5-6-7-8-9-10-32-12-16(31)25-19-18-20(27-21(23)26-19)28(14-24-18)17-11-15(30)22(4-2,13-29)33-17/h2,14-15,17,29-30H,3,5-13H2,1H3,(H,25,26,27,31)/t15-,17+,22+/m0/s1. The first-order valence-electron chi connectivity index (χ1n) is 11.2. The van der Waals surface area contributed by atoms with E-state index in [-0.39, 0.29) is 30.0 Å². The first-order chi connectivity index (χ1) is 15.9. The predicted octanol–water partition coefficient (Wildman–Crippen LogP) is 1.93. The third-order valence-electron chi connectivity index (χ3n) is 5.63. The molecule has 11 heteroatoms. The molecule has 2 aromatic heterocycles. The number of nitrogens with one attached hydrogen (secondary N) is 1. The number of aliphatic hydroxyl groups is 2. The number of aromatic nitrogens is 4. The molecule has 1 amide bonds. The van der Waals surface area contributed by atoms with Crippen molar-refractivity contribution in [3.8, 4) is 12.3 Å². The number of hydrogen-bond acceptors (Lipinski definition) is 8. The number of halogens is 1. The van der Waals surface area contributed by atoms with E-state index in [4.69, 9.17) is 15.9 Å². The molecule has 1 aliphatic heterocycles. The zero-order valence-electron chi connectivity index (χ0n) is 18.7. The molecule has 3 heterocycles. The highest BCUT2D eigenvalue weighted by Crippen LogP contribution is 2.37. The van der Waals surface area contributed by atoms with Gasteiger partial charge in [-0.3, -0.25) is 9.36 Å². The fraction of sp³-hybridized carbons (Fsp3) is 0.636. The first-order valence-corrected chi connectivity index (χ1v) is 11.2. The van der Waals surface area contributed by atoms with Crippen LogP contribution in [0, 0.1) is 18.4 Å².